The van der Waals surface area contributed by atoms with Crippen LogP contribution in [0.3, 0.4) is 0 Å². The fourth-order valence-corrected chi connectivity index (χ4v) is 3.75. The maximum atomic E-state index is 12.8. The molecule has 0 saturated carbocycles. The lowest BCUT2D eigenvalue weighted by Crippen LogP contribution is -2.38. The molecule has 0 aromatic carbocycles. The lowest BCUT2D eigenvalue weighted by atomic mass is 10.2. The third-order valence-corrected chi connectivity index (χ3v) is 4.99. The van der Waals surface area contributed by atoms with Crippen LogP contribution in [0.1, 0.15) is 28.9 Å². The van der Waals surface area contributed by atoms with Crippen molar-refractivity contribution < 1.29 is 4.79 Å². The molecule has 0 unspecified atom stereocenters. The van der Waals surface area contributed by atoms with E-state index in [1.54, 1.807) is 5.38 Å². The summed E-state index contributed by atoms with van der Waals surface area (Å²) in [5.41, 5.74) is 1.59. The van der Waals surface area contributed by atoms with Gasteiger partial charge >= 0.3 is 0 Å². The van der Waals surface area contributed by atoms with Gasteiger partial charge in [0.15, 0.2) is 10.8 Å². The highest BCUT2D eigenvalue weighted by Gasteiger charge is 2.31. The van der Waals surface area contributed by atoms with Crippen LogP contribution in [-0.4, -0.2) is 53.3 Å². The minimum atomic E-state index is -0.0246. The summed E-state index contributed by atoms with van der Waals surface area (Å²) < 4.78 is 1.91. The van der Waals surface area contributed by atoms with Crippen LogP contribution in [0.25, 0.3) is 10.8 Å². The van der Waals surface area contributed by atoms with E-state index in [2.05, 4.69) is 25.3 Å². The van der Waals surface area contributed by atoms with Gasteiger partial charge in [-0.3, -0.25) is 14.6 Å². The number of carbonyl (C=O) groups is 1. The Morgan fingerprint density at radius 3 is 3.17 bits per heavy atom. The molecule has 1 fully saturated rings. The second-order valence-corrected chi connectivity index (χ2v) is 6.76. The number of rotatable bonds is 4. The summed E-state index contributed by atoms with van der Waals surface area (Å²) in [5, 5.41) is 13.4. The fraction of sp³-hybridized carbons (Fsp3) is 0.400. The SMILES string of the molecule is Cc1cnn(C[C@@H]2CCCN2C(=O)c2csc(-c3ncn[nH]3)n2)c1. The molecular formula is C15H17N7OS. The Kier molecular flexibility index (Phi) is 3.85. The molecule has 1 N–H and O–H groups in total. The van der Waals surface area contributed by atoms with Crippen molar-refractivity contribution in [2.45, 2.75) is 32.4 Å². The molecule has 0 spiro atoms. The van der Waals surface area contributed by atoms with Crippen molar-refractivity contribution in [2.24, 2.45) is 0 Å². The number of aryl methyl sites for hydroxylation is 1. The van der Waals surface area contributed by atoms with Crippen molar-refractivity contribution in [2.75, 3.05) is 6.54 Å². The molecule has 0 radical (unpaired) electrons. The maximum Gasteiger partial charge on any atom is 0.273 e. The van der Waals surface area contributed by atoms with E-state index in [1.165, 1.54) is 17.7 Å². The summed E-state index contributed by atoms with van der Waals surface area (Å²) in [5.74, 6) is 0.562. The first kappa shape index (κ1) is 15.0. The number of thiazole rings is 1. The van der Waals surface area contributed by atoms with E-state index in [-0.39, 0.29) is 11.9 Å². The lowest BCUT2D eigenvalue weighted by Gasteiger charge is -2.23. The topological polar surface area (TPSA) is 92.6 Å². The molecule has 124 valence electrons. The van der Waals surface area contributed by atoms with Crippen LogP contribution in [-0.2, 0) is 6.54 Å². The molecule has 9 heteroatoms. The standard InChI is InChI=1S/C15H17N7OS/c1-10-5-18-21(6-10)7-11-3-2-4-22(11)15(23)12-8-24-14(19-12)13-16-9-17-20-13/h5-6,8-9,11H,2-4,7H2,1H3,(H,16,17,20)/t11-/m0/s1. The Hall–Kier alpha value is -2.55. The van der Waals surface area contributed by atoms with E-state index >= 15 is 0 Å². The summed E-state index contributed by atoms with van der Waals surface area (Å²) in [7, 11) is 0. The second kappa shape index (κ2) is 6.16. The molecule has 0 bridgehead atoms. The summed E-state index contributed by atoms with van der Waals surface area (Å²) in [6.45, 7) is 3.50. The van der Waals surface area contributed by atoms with Gasteiger partial charge in [0.1, 0.15) is 12.0 Å². The highest BCUT2D eigenvalue weighted by atomic mass is 32.1. The summed E-state index contributed by atoms with van der Waals surface area (Å²) in [6, 6.07) is 0.159. The number of carbonyl (C=O) groups excluding carboxylic acids is 1. The van der Waals surface area contributed by atoms with Crippen molar-refractivity contribution in [3.8, 4) is 10.8 Å². The van der Waals surface area contributed by atoms with Crippen LogP contribution in [0.15, 0.2) is 24.1 Å². The van der Waals surface area contributed by atoms with Crippen LogP contribution in [0, 0.1) is 6.92 Å². The van der Waals surface area contributed by atoms with Crippen molar-refractivity contribution in [3.63, 3.8) is 0 Å². The quantitative estimate of drug-likeness (QED) is 0.779. The molecule has 4 heterocycles. The molecule has 1 aliphatic rings. The van der Waals surface area contributed by atoms with E-state index in [0.717, 1.165) is 31.5 Å². The predicted molar refractivity (Wildman–Crippen MR) is 88.5 cm³/mol. The normalized spacial score (nSPS) is 17.5. The number of aromatic nitrogens is 6. The Morgan fingerprint density at radius 1 is 1.50 bits per heavy atom. The highest BCUT2D eigenvalue weighted by molar-refractivity contribution is 7.13. The summed E-state index contributed by atoms with van der Waals surface area (Å²) in [4.78, 5) is 23.2. The van der Waals surface area contributed by atoms with Gasteiger partial charge in [0.2, 0.25) is 0 Å². The highest BCUT2D eigenvalue weighted by Crippen LogP contribution is 2.24. The van der Waals surface area contributed by atoms with Gasteiger partial charge in [0, 0.05) is 18.1 Å². The zero-order valence-electron chi connectivity index (χ0n) is 13.2. The molecule has 0 aliphatic carbocycles. The first-order chi connectivity index (χ1) is 11.7. The van der Waals surface area contributed by atoms with Gasteiger partial charge in [-0.05, 0) is 25.3 Å². The van der Waals surface area contributed by atoms with Gasteiger partial charge < -0.3 is 4.90 Å². The molecule has 8 nitrogen and oxygen atoms in total. The van der Waals surface area contributed by atoms with Crippen LogP contribution in [0.4, 0.5) is 0 Å². The first-order valence-electron chi connectivity index (χ1n) is 7.82. The van der Waals surface area contributed by atoms with E-state index in [1.807, 2.05) is 28.9 Å². The molecule has 1 atom stereocenters. The molecule has 1 saturated heterocycles. The van der Waals surface area contributed by atoms with Crippen LogP contribution >= 0.6 is 11.3 Å². The largest absolute Gasteiger partial charge is 0.332 e. The minimum absolute atomic E-state index is 0.0246. The van der Waals surface area contributed by atoms with Crippen molar-refractivity contribution in [3.05, 3.63) is 35.4 Å². The third kappa shape index (κ3) is 2.82. The lowest BCUT2D eigenvalue weighted by molar-refractivity contribution is 0.0716. The van der Waals surface area contributed by atoms with Gasteiger partial charge in [0.25, 0.3) is 5.91 Å². The Morgan fingerprint density at radius 2 is 2.42 bits per heavy atom. The third-order valence-electron chi connectivity index (χ3n) is 4.14. The Balaban J connectivity index is 1.50. The molecule has 3 aromatic heterocycles. The van der Waals surface area contributed by atoms with Crippen molar-refractivity contribution >= 4 is 17.2 Å². The van der Waals surface area contributed by atoms with E-state index in [0.29, 0.717) is 16.5 Å². The fourth-order valence-electron chi connectivity index (χ4n) is 3.01. The average molecular weight is 343 g/mol. The predicted octanol–water partition coefficient (Wildman–Crippen LogP) is 1.74. The number of nitrogens with zero attached hydrogens (tertiary/aromatic N) is 6. The number of nitrogens with one attached hydrogen (secondary N) is 1. The molecule has 3 aromatic rings. The van der Waals surface area contributed by atoms with Crippen LogP contribution < -0.4 is 0 Å². The van der Waals surface area contributed by atoms with Crippen LogP contribution in [0.5, 0.6) is 0 Å². The second-order valence-electron chi connectivity index (χ2n) is 5.91. The average Bonchev–Trinajstić information content (AvgIpc) is 3.35. The molecular weight excluding hydrogens is 326 g/mol. The zero-order valence-corrected chi connectivity index (χ0v) is 14.0. The zero-order chi connectivity index (χ0) is 16.5. The van der Waals surface area contributed by atoms with Crippen LogP contribution in [0.2, 0.25) is 0 Å². The van der Waals surface area contributed by atoms with E-state index in [4.69, 9.17) is 0 Å². The number of hydrogen-bond donors (Lipinski definition) is 1. The van der Waals surface area contributed by atoms with Gasteiger partial charge in [-0.15, -0.1) is 11.3 Å². The van der Waals surface area contributed by atoms with Gasteiger partial charge in [-0.1, -0.05) is 0 Å². The Labute approximate surface area is 142 Å². The van der Waals surface area contributed by atoms with Gasteiger partial charge in [-0.25, -0.2) is 9.97 Å². The Bertz CT molecular complexity index is 838. The van der Waals surface area contributed by atoms with Gasteiger partial charge in [-0.2, -0.15) is 10.2 Å². The summed E-state index contributed by atoms with van der Waals surface area (Å²) in [6.07, 6.45) is 7.28. The van der Waals surface area contributed by atoms with Crippen molar-refractivity contribution in [1.82, 2.24) is 34.8 Å². The number of H-pyrrole nitrogens is 1. The van der Waals surface area contributed by atoms with Crippen molar-refractivity contribution in [1.29, 1.82) is 0 Å². The minimum Gasteiger partial charge on any atom is -0.332 e. The molecule has 4 rings (SSSR count). The number of amides is 1. The van der Waals surface area contributed by atoms with E-state index < -0.39 is 0 Å². The smallest absolute Gasteiger partial charge is 0.273 e. The maximum absolute atomic E-state index is 12.8. The first-order valence-corrected chi connectivity index (χ1v) is 8.70. The number of likely N-dealkylation sites (tertiary alicyclic amines) is 1. The van der Waals surface area contributed by atoms with Gasteiger partial charge in [0.05, 0.1) is 18.8 Å². The monoisotopic (exact) mass is 343 g/mol. The number of aromatic amines is 1. The van der Waals surface area contributed by atoms with E-state index in [9.17, 15) is 4.79 Å². The molecule has 1 aliphatic heterocycles. The summed E-state index contributed by atoms with van der Waals surface area (Å²) >= 11 is 1.39. The molecule has 1 amide bonds. The number of hydrogen-bond acceptors (Lipinski definition) is 6. The molecule has 24 heavy (non-hydrogen) atoms.